The van der Waals surface area contributed by atoms with Crippen molar-refractivity contribution in [3.8, 4) is 0 Å². The van der Waals surface area contributed by atoms with Crippen molar-refractivity contribution in [2.75, 3.05) is 96.6 Å². The number of hydrogen-bond acceptors (Lipinski definition) is 12. The molecule has 0 radical (unpaired) electrons. The first kappa shape index (κ1) is 42.7. The molecule has 0 saturated carbocycles. The lowest BCUT2D eigenvalue weighted by molar-refractivity contribution is -0.136. The highest BCUT2D eigenvalue weighted by molar-refractivity contribution is 6.22. The van der Waals surface area contributed by atoms with E-state index in [0.717, 1.165) is 150 Å². The van der Waals surface area contributed by atoms with Crippen LogP contribution in [0.15, 0.2) is 65.2 Å². The minimum atomic E-state index is -0.725. The van der Waals surface area contributed by atoms with E-state index in [0.29, 0.717) is 23.7 Å². The molecule has 4 N–H and O–H groups in total. The monoisotopic (exact) mass is 836 g/mol. The van der Waals surface area contributed by atoms with Gasteiger partial charge in [0.15, 0.2) is 0 Å². The van der Waals surface area contributed by atoms with Crippen LogP contribution in [0.2, 0.25) is 0 Å². The number of aliphatic hydroxyl groups is 1. The van der Waals surface area contributed by atoms with Gasteiger partial charge in [0.1, 0.15) is 23.5 Å². The van der Waals surface area contributed by atoms with Crippen molar-refractivity contribution >= 4 is 40.4 Å². The van der Waals surface area contributed by atoms with Crippen LogP contribution >= 0.6 is 0 Å². The maximum Gasteiger partial charge on any atom is 0.255 e. The van der Waals surface area contributed by atoms with Gasteiger partial charge in [-0.05, 0) is 82.9 Å². The number of piperazine rings is 2. The van der Waals surface area contributed by atoms with E-state index in [-0.39, 0.29) is 37.8 Å². The summed E-state index contributed by atoms with van der Waals surface area (Å²) in [6.07, 6.45) is 8.24. The standard InChI is InChI=1S/C46H61FN10O4/c1-32(48)43(34-8-4-2-5-9-34)44-49-38(30-41(50-44)56-24-20-54(21-25-56)26-27-58)33-12-16-52(17-13-33)14-6-3-7-15-53-18-22-55(23-19-53)40-29-35(47)28-36-37(40)31-57(46(36)61)39-10-11-42(59)51-45(39)60/h2,4-5,8-9,28-30,33,39,48,50,58H,3,6-7,10-27,31H2,1H3,(H,51,59,60)/b44-43+,48-32?. The number of allylic oxidation sites excluding steroid dienone is 2. The molecule has 4 saturated heterocycles. The van der Waals surface area contributed by atoms with Crippen LogP contribution in [0.5, 0.6) is 0 Å². The minimum Gasteiger partial charge on any atom is -0.395 e. The van der Waals surface area contributed by atoms with Crippen LogP contribution in [0.3, 0.4) is 0 Å². The summed E-state index contributed by atoms with van der Waals surface area (Å²) in [5, 5.41) is 24.2. The zero-order valence-corrected chi connectivity index (χ0v) is 35.5. The van der Waals surface area contributed by atoms with Gasteiger partial charge >= 0.3 is 0 Å². The van der Waals surface area contributed by atoms with Gasteiger partial charge in [-0.25, -0.2) is 9.38 Å². The minimum absolute atomic E-state index is 0.174. The van der Waals surface area contributed by atoms with E-state index in [2.05, 4.69) is 41.2 Å². The Balaban J connectivity index is 0.803. The molecule has 6 aliphatic rings. The molecule has 6 heterocycles. The number of halogens is 1. The largest absolute Gasteiger partial charge is 0.395 e. The molecule has 326 valence electrons. The maximum atomic E-state index is 14.9. The number of rotatable bonds is 14. The van der Waals surface area contributed by atoms with Gasteiger partial charge in [-0.15, -0.1) is 0 Å². The number of carbonyl (C=O) groups is 3. The Morgan fingerprint density at radius 2 is 1.48 bits per heavy atom. The van der Waals surface area contributed by atoms with E-state index in [1.807, 2.05) is 37.3 Å². The van der Waals surface area contributed by atoms with Crippen LogP contribution < -0.4 is 15.5 Å². The number of aliphatic hydroxyl groups excluding tert-OH is 1. The second-order valence-corrected chi connectivity index (χ2v) is 17.3. The molecule has 6 aliphatic heterocycles. The third kappa shape index (κ3) is 9.90. The number of β-amino-alcohol motifs (C(OH)–C–C–N with tert-alkyl or cyclic N) is 1. The second-order valence-electron chi connectivity index (χ2n) is 17.3. The molecule has 61 heavy (non-hydrogen) atoms. The molecule has 0 spiro atoms. The number of nitrogens with one attached hydrogen (secondary N) is 3. The predicted molar refractivity (Wildman–Crippen MR) is 235 cm³/mol. The van der Waals surface area contributed by atoms with E-state index in [4.69, 9.17) is 10.4 Å². The summed E-state index contributed by atoms with van der Waals surface area (Å²) in [7, 11) is 0. The molecular formula is C46H61FN10O4. The highest BCUT2D eigenvalue weighted by Crippen LogP contribution is 2.36. The van der Waals surface area contributed by atoms with E-state index >= 15 is 0 Å². The molecule has 8 rings (SSSR count). The number of anilines is 1. The lowest BCUT2D eigenvalue weighted by atomic mass is 9.90. The summed E-state index contributed by atoms with van der Waals surface area (Å²) >= 11 is 0. The van der Waals surface area contributed by atoms with Crippen LogP contribution in [0.1, 0.15) is 73.4 Å². The zero-order chi connectivity index (χ0) is 42.5. The number of fused-ring (bicyclic) bond motifs is 1. The average molecular weight is 837 g/mol. The van der Waals surface area contributed by atoms with Gasteiger partial charge in [0.05, 0.1) is 6.61 Å². The maximum absolute atomic E-state index is 14.9. The number of piperidine rings is 2. The van der Waals surface area contributed by atoms with Crippen molar-refractivity contribution in [2.24, 2.45) is 10.9 Å². The van der Waals surface area contributed by atoms with Crippen molar-refractivity contribution in [3.63, 3.8) is 0 Å². The highest BCUT2D eigenvalue weighted by Gasteiger charge is 2.41. The van der Waals surface area contributed by atoms with Crippen molar-refractivity contribution < 1.29 is 23.9 Å². The second kappa shape index (κ2) is 19.4. The number of likely N-dealkylation sites (tertiary alicyclic amines) is 1. The number of nitrogens with zero attached hydrogens (tertiary/aromatic N) is 7. The van der Waals surface area contributed by atoms with Gasteiger partial charge in [-0.1, -0.05) is 36.8 Å². The van der Waals surface area contributed by atoms with E-state index in [1.54, 1.807) is 0 Å². The summed E-state index contributed by atoms with van der Waals surface area (Å²) in [4.78, 5) is 56.2. The highest BCUT2D eigenvalue weighted by atomic mass is 19.1. The van der Waals surface area contributed by atoms with E-state index < -0.39 is 17.8 Å². The Kier molecular flexibility index (Phi) is 13.6. The lowest BCUT2D eigenvalue weighted by Gasteiger charge is -2.39. The molecular weight excluding hydrogens is 776 g/mol. The molecule has 0 bridgehead atoms. The van der Waals surface area contributed by atoms with E-state index in [1.165, 1.54) is 17.0 Å². The van der Waals surface area contributed by atoms with Crippen molar-refractivity contribution in [3.05, 3.63) is 82.7 Å². The van der Waals surface area contributed by atoms with Gasteiger partial charge in [0.2, 0.25) is 11.8 Å². The number of imide groups is 1. The fraction of sp³-hybridized carbons (Fsp3) is 0.543. The summed E-state index contributed by atoms with van der Waals surface area (Å²) in [5.74, 6) is 0.548. The summed E-state index contributed by atoms with van der Waals surface area (Å²) in [5.41, 5.74) is 5.20. The fourth-order valence-electron chi connectivity index (χ4n) is 9.88. The normalized spacial score (nSPS) is 23.1. The Morgan fingerprint density at radius 1 is 0.820 bits per heavy atom. The van der Waals surface area contributed by atoms with Crippen LogP contribution in [0, 0.1) is 17.1 Å². The summed E-state index contributed by atoms with van der Waals surface area (Å²) in [6.45, 7) is 13.9. The lowest BCUT2D eigenvalue weighted by Crippen LogP contribution is -2.52. The number of unbranched alkanes of at least 4 members (excludes halogenated alkanes) is 2. The van der Waals surface area contributed by atoms with Crippen molar-refractivity contribution in [1.29, 1.82) is 5.41 Å². The third-order valence-electron chi connectivity index (χ3n) is 13.3. The van der Waals surface area contributed by atoms with Crippen molar-refractivity contribution in [2.45, 2.75) is 64.5 Å². The number of benzene rings is 2. The Bertz CT molecular complexity index is 2050. The summed E-state index contributed by atoms with van der Waals surface area (Å²) in [6, 6.07) is 12.2. The quantitative estimate of drug-likeness (QED) is 0.127. The topological polar surface area (TPSA) is 151 Å². The molecule has 1 atom stereocenters. The molecule has 0 aromatic heterocycles. The van der Waals surface area contributed by atoms with Crippen molar-refractivity contribution in [1.82, 2.24) is 35.1 Å². The van der Waals surface area contributed by atoms with Gasteiger partial charge < -0.3 is 35.4 Å². The third-order valence-corrected chi connectivity index (χ3v) is 13.3. The number of carbonyl (C=O) groups excluding carboxylic acids is 3. The van der Waals surface area contributed by atoms with Gasteiger partial charge in [-0.3, -0.25) is 29.5 Å². The summed E-state index contributed by atoms with van der Waals surface area (Å²) < 4.78 is 14.9. The fourth-order valence-corrected chi connectivity index (χ4v) is 9.88. The predicted octanol–water partition coefficient (Wildman–Crippen LogP) is 3.49. The van der Waals surface area contributed by atoms with E-state index in [9.17, 15) is 23.9 Å². The Morgan fingerprint density at radius 3 is 2.13 bits per heavy atom. The smallest absolute Gasteiger partial charge is 0.255 e. The number of aliphatic imine (C=N–C) groups is 1. The van der Waals surface area contributed by atoms with Gasteiger partial charge in [-0.2, -0.15) is 0 Å². The Hall–Kier alpha value is -4.96. The molecule has 3 amide bonds. The Labute approximate surface area is 358 Å². The van der Waals surface area contributed by atoms with Crippen LogP contribution in [0.4, 0.5) is 10.1 Å². The first-order valence-corrected chi connectivity index (χ1v) is 22.3. The van der Waals surface area contributed by atoms with Crippen LogP contribution in [-0.4, -0.2) is 156 Å². The molecule has 1 unspecified atom stereocenters. The van der Waals surface area contributed by atoms with Gasteiger partial charge in [0, 0.05) is 118 Å². The average Bonchev–Trinajstić information content (AvgIpc) is 3.59. The zero-order valence-electron chi connectivity index (χ0n) is 35.5. The molecule has 2 aromatic rings. The molecule has 2 aromatic carbocycles. The molecule has 4 fully saturated rings. The first-order chi connectivity index (χ1) is 29.6. The molecule has 0 aliphatic carbocycles. The first-order valence-electron chi connectivity index (χ1n) is 22.3. The molecule has 15 heteroatoms. The number of amides is 3. The van der Waals surface area contributed by atoms with Crippen LogP contribution in [0.25, 0.3) is 5.57 Å². The van der Waals surface area contributed by atoms with Gasteiger partial charge in [0.25, 0.3) is 5.91 Å². The molecule has 14 nitrogen and oxygen atoms in total. The van der Waals surface area contributed by atoms with Crippen LogP contribution in [-0.2, 0) is 16.1 Å². The number of hydrogen-bond donors (Lipinski definition) is 4. The SMILES string of the molecule is CC(=N)/C(=C1/N=C(C2CCN(CCCCCN3CCN(c4cc(F)cc5c4CN(C4CCC(=O)NC4=O)C5=O)CC3)CC2)C=C(N2CCN(CCO)CC2)N1)c1ccccc1.